The van der Waals surface area contributed by atoms with Gasteiger partial charge in [0, 0.05) is 40.6 Å². The number of nitrogens with two attached hydrogens (primary N) is 1. The first-order valence-corrected chi connectivity index (χ1v) is 8.41. The summed E-state index contributed by atoms with van der Waals surface area (Å²) in [6, 6.07) is 5.35. The Morgan fingerprint density at radius 3 is 2.95 bits per heavy atom. The second kappa shape index (κ2) is 6.57. The van der Waals surface area contributed by atoms with Gasteiger partial charge in [-0.05, 0) is 30.7 Å². The van der Waals surface area contributed by atoms with Crippen molar-refractivity contribution in [2.24, 2.45) is 5.73 Å². The van der Waals surface area contributed by atoms with Crippen molar-refractivity contribution in [2.45, 2.75) is 31.2 Å². The van der Waals surface area contributed by atoms with E-state index in [9.17, 15) is 4.39 Å². The molecule has 0 radical (unpaired) electrons. The number of rotatable bonds is 3. The minimum atomic E-state index is -0.205. The van der Waals surface area contributed by atoms with Gasteiger partial charge in [-0.1, -0.05) is 22.9 Å². The first kappa shape index (κ1) is 15.3. The molecule has 1 aromatic carbocycles. The van der Waals surface area contributed by atoms with Crippen LogP contribution in [0.2, 0.25) is 0 Å². The van der Waals surface area contributed by atoms with Crippen LogP contribution < -0.4 is 5.73 Å². The number of benzene rings is 1. The summed E-state index contributed by atoms with van der Waals surface area (Å²) in [4.78, 5) is 2.40. The summed E-state index contributed by atoms with van der Waals surface area (Å²) in [6.45, 7) is 5.98. The molecule has 5 heteroatoms. The van der Waals surface area contributed by atoms with E-state index in [4.69, 9.17) is 5.73 Å². The van der Waals surface area contributed by atoms with Crippen LogP contribution in [-0.2, 0) is 0 Å². The molecule has 1 aliphatic rings. The Hall–Kier alpha value is -0.100. The third-order valence-corrected chi connectivity index (χ3v) is 5.93. The van der Waals surface area contributed by atoms with Crippen molar-refractivity contribution in [1.29, 1.82) is 0 Å². The van der Waals surface area contributed by atoms with Crippen LogP contribution in [-0.4, -0.2) is 35.0 Å². The number of hydrogen-bond donors (Lipinski definition) is 1. The molecule has 1 aromatic rings. The molecule has 3 atom stereocenters. The van der Waals surface area contributed by atoms with E-state index >= 15 is 0 Å². The molecular formula is C14H20BrFN2S. The minimum Gasteiger partial charge on any atom is -0.329 e. The van der Waals surface area contributed by atoms with E-state index in [-0.39, 0.29) is 11.9 Å². The maximum Gasteiger partial charge on any atom is 0.123 e. The zero-order chi connectivity index (χ0) is 14.0. The fourth-order valence-corrected chi connectivity index (χ4v) is 4.24. The van der Waals surface area contributed by atoms with Crippen molar-refractivity contribution >= 4 is 27.7 Å². The molecule has 0 bridgehead atoms. The second-order valence-electron chi connectivity index (χ2n) is 4.97. The number of halogens is 2. The first-order chi connectivity index (χ1) is 9.04. The predicted octanol–water partition coefficient (Wildman–Crippen LogP) is 3.41. The number of thioether (sulfide) groups is 1. The van der Waals surface area contributed by atoms with E-state index in [2.05, 4.69) is 34.7 Å². The highest BCUT2D eigenvalue weighted by Gasteiger charge is 2.31. The molecule has 0 aliphatic carbocycles. The molecule has 1 saturated heterocycles. The molecule has 2 rings (SSSR count). The quantitative estimate of drug-likeness (QED) is 0.909. The maximum absolute atomic E-state index is 13.5. The molecule has 1 heterocycles. The molecule has 19 heavy (non-hydrogen) atoms. The molecular weight excluding hydrogens is 327 g/mol. The molecule has 0 amide bonds. The van der Waals surface area contributed by atoms with Crippen molar-refractivity contribution in [3.63, 3.8) is 0 Å². The Labute approximate surface area is 127 Å². The Balaban J connectivity index is 2.30. The van der Waals surface area contributed by atoms with Gasteiger partial charge in [-0.15, -0.1) is 0 Å². The van der Waals surface area contributed by atoms with Crippen LogP contribution in [0.3, 0.4) is 0 Å². The molecule has 0 aromatic heterocycles. The van der Waals surface area contributed by atoms with E-state index < -0.39 is 0 Å². The lowest BCUT2D eigenvalue weighted by Crippen LogP contribution is -2.48. The van der Waals surface area contributed by atoms with Gasteiger partial charge in [0.25, 0.3) is 0 Å². The van der Waals surface area contributed by atoms with Crippen LogP contribution in [0, 0.1) is 5.82 Å². The lowest BCUT2D eigenvalue weighted by Gasteiger charge is -2.42. The lowest BCUT2D eigenvalue weighted by atomic mass is 10.0. The molecule has 2 nitrogen and oxygen atoms in total. The normalized spacial score (nSPS) is 26.4. The van der Waals surface area contributed by atoms with Gasteiger partial charge in [-0.2, -0.15) is 11.8 Å². The highest BCUT2D eigenvalue weighted by atomic mass is 79.9. The van der Waals surface area contributed by atoms with E-state index in [0.717, 1.165) is 22.3 Å². The molecule has 2 N–H and O–H groups in total. The Bertz CT molecular complexity index is 443. The molecule has 3 unspecified atom stereocenters. The predicted molar refractivity (Wildman–Crippen MR) is 84.0 cm³/mol. The monoisotopic (exact) mass is 346 g/mol. The van der Waals surface area contributed by atoms with Gasteiger partial charge < -0.3 is 5.73 Å². The van der Waals surface area contributed by atoms with Gasteiger partial charge >= 0.3 is 0 Å². The van der Waals surface area contributed by atoms with Gasteiger partial charge in [-0.25, -0.2) is 4.39 Å². The van der Waals surface area contributed by atoms with Gasteiger partial charge in [0.05, 0.1) is 0 Å². The fraction of sp³-hybridized carbons (Fsp3) is 0.571. The molecule has 106 valence electrons. The zero-order valence-electron chi connectivity index (χ0n) is 11.3. The average Bonchev–Trinajstić information content (AvgIpc) is 2.39. The van der Waals surface area contributed by atoms with E-state index in [1.54, 1.807) is 12.1 Å². The summed E-state index contributed by atoms with van der Waals surface area (Å²) in [5.41, 5.74) is 6.92. The fourth-order valence-electron chi connectivity index (χ4n) is 2.61. The highest BCUT2D eigenvalue weighted by molar-refractivity contribution is 9.10. The number of hydrogen-bond acceptors (Lipinski definition) is 3. The topological polar surface area (TPSA) is 29.3 Å². The van der Waals surface area contributed by atoms with Crippen molar-refractivity contribution in [3.05, 3.63) is 34.1 Å². The summed E-state index contributed by atoms with van der Waals surface area (Å²) in [6.07, 6.45) is 0. The van der Waals surface area contributed by atoms with Crippen LogP contribution >= 0.6 is 27.7 Å². The maximum atomic E-state index is 13.5. The molecule has 1 aliphatic heterocycles. The second-order valence-corrected chi connectivity index (χ2v) is 7.31. The summed E-state index contributed by atoms with van der Waals surface area (Å²) in [5.74, 6) is 0.901. The van der Waals surface area contributed by atoms with E-state index in [0.29, 0.717) is 17.8 Å². The smallest absolute Gasteiger partial charge is 0.123 e. The summed E-state index contributed by atoms with van der Waals surface area (Å²) < 4.78 is 14.4. The van der Waals surface area contributed by atoms with Gasteiger partial charge in [0.1, 0.15) is 5.82 Å². The van der Waals surface area contributed by atoms with Crippen molar-refractivity contribution in [2.75, 3.05) is 18.8 Å². The standard InChI is InChI=1S/C14H20BrFN2S/c1-9-10(2)19-6-5-18(9)14(8-17)12-7-11(16)3-4-13(12)15/h3-4,7,9-10,14H,5-6,8,17H2,1-2H3. The minimum absolute atomic E-state index is 0.0726. The summed E-state index contributed by atoms with van der Waals surface area (Å²) >= 11 is 5.51. The zero-order valence-corrected chi connectivity index (χ0v) is 13.7. The van der Waals surface area contributed by atoms with Crippen LogP contribution in [0.5, 0.6) is 0 Å². The average molecular weight is 347 g/mol. The summed E-state index contributed by atoms with van der Waals surface area (Å²) in [7, 11) is 0. The van der Waals surface area contributed by atoms with Gasteiger partial charge in [-0.3, -0.25) is 4.90 Å². The Morgan fingerprint density at radius 2 is 2.26 bits per heavy atom. The highest BCUT2D eigenvalue weighted by Crippen LogP contribution is 2.34. The van der Waals surface area contributed by atoms with Crippen LogP contribution in [0.4, 0.5) is 4.39 Å². The third kappa shape index (κ3) is 3.32. The lowest BCUT2D eigenvalue weighted by molar-refractivity contribution is 0.150. The van der Waals surface area contributed by atoms with Gasteiger partial charge in [0.15, 0.2) is 0 Å². The van der Waals surface area contributed by atoms with Crippen LogP contribution in [0.25, 0.3) is 0 Å². The van der Waals surface area contributed by atoms with Gasteiger partial charge in [0.2, 0.25) is 0 Å². The van der Waals surface area contributed by atoms with Crippen molar-refractivity contribution < 1.29 is 4.39 Å². The van der Waals surface area contributed by atoms with Crippen LogP contribution in [0.1, 0.15) is 25.5 Å². The first-order valence-electron chi connectivity index (χ1n) is 6.57. The third-order valence-electron chi connectivity index (χ3n) is 3.87. The largest absolute Gasteiger partial charge is 0.329 e. The van der Waals surface area contributed by atoms with E-state index in [1.165, 1.54) is 6.07 Å². The molecule has 0 saturated carbocycles. The Morgan fingerprint density at radius 1 is 1.53 bits per heavy atom. The molecule has 0 spiro atoms. The SMILES string of the molecule is CC1SCCN(C(CN)c2cc(F)ccc2Br)C1C. The van der Waals surface area contributed by atoms with Crippen molar-refractivity contribution in [3.8, 4) is 0 Å². The van der Waals surface area contributed by atoms with Crippen molar-refractivity contribution in [1.82, 2.24) is 4.90 Å². The molecule has 1 fully saturated rings. The Kier molecular flexibility index (Phi) is 5.29. The summed E-state index contributed by atoms with van der Waals surface area (Å²) in [5, 5.41) is 0.579. The van der Waals surface area contributed by atoms with E-state index in [1.807, 2.05) is 11.8 Å². The number of nitrogens with zero attached hydrogens (tertiary/aromatic N) is 1. The van der Waals surface area contributed by atoms with Crippen LogP contribution in [0.15, 0.2) is 22.7 Å².